The highest BCUT2D eigenvalue weighted by molar-refractivity contribution is 6.38. The molecule has 0 bridgehead atoms. The van der Waals surface area contributed by atoms with E-state index < -0.39 is 0 Å². The molecule has 0 unspecified atom stereocenters. The Morgan fingerprint density at radius 3 is 2.41 bits per heavy atom. The van der Waals surface area contributed by atoms with Gasteiger partial charge in [-0.25, -0.2) is 0 Å². The van der Waals surface area contributed by atoms with Crippen molar-refractivity contribution in [2.75, 3.05) is 0 Å². The first kappa shape index (κ1) is 19.8. The summed E-state index contributed by atoms with van der Waals surface area (Å²) < 4.78 is 12.0. The smallest absolute Gasteiger partial charge is 0.235 e. The molecule has 0 atom stereocenters. The Labute approximate surface area is 182 Å². The molecule has 0 amide bonds. The molecule has 4 rings (SSSR count). The molecule has 0 N–H and O–H groups in total. The van der Waals surface area contributed by atoms with Crippen molar-refractivity contribution in [3.8, 4) is 17.1 Å². The predicted octanol–water partition coefficient (Wildman–Crippen LogP) is 7.31. The van der Waals surface area contributed by atoms with E-state index in [0.717, 1.165) is 11.1 Å². The van der Waals surface area contributed by atoms with Gasteiger partial charge in [-0.15, -0.1) is 0 Å². The molecular formula is C23H15Cl3O3. The normalized spacial score (nSPS) is 11.0. The zero-order valence-corrected chi connectivity index (χ0v) is 17.6. The Hall–Kier alpha value is -2.46. The molecule has 0 radical (unpaired) electrons. The van der Waals surface area contributed by atoms with Crippen molar-refractivity contribution in [1.82, 2.24) is 0 Å². The Bertz CT molecular complexity index is 1260. The zero-order chi connectivity index (χ0) is 20.5. The molecule has 0 spiro atoms. The minimum Gasteiger partial charge on any atom is -0.481 e. The van der Waals surface area contributed by atoms with Gasteiger partial charge in [-0.05, 0) is 36.8 Å². The lowest BCUT2D eigenvalue weighted by molar-refractivity contribution is 0.298. The van der Waals surface area contributed by atoms with Gasteiger partial charge in [0.05, 0.1) is 10.4 Å². The monoisotopic (exact) mass is 444 g/mol. The van der Waals surface area contributed by atoms with E-state index in [0.29, 0.717) is 21.4 Å². The van der Waals surface area contributed by atoms with Gasteiger partial charge in [-0.2, -0.15) is 0 Å². The summed E-state index contributed by atoms with van der Waals surface area (Å²) >= 11 is 18.4. The van der Waals surface area contributed by atoms with Gasteiger partial charge in [-0.1, -0.05) is 76.8 Å². The largest absolute Gasteiger partial charge is 0.481 e. The third-order valence-electron chi connectivity index (χ3n) is 4.46. The molecule has 29 heavy (non-hydrogen) atoms. The quantitative estimate of drug-likeness (QED) is 0.330. The Balaban J connectivity index is 1.89. The van der Waals surface area contributed by atoms with Gasteiger partial charge in [0.2, 0.25) is 11.2 Å². The lowest BCUT2D eigenvalue weighted by atomic mass is 10.1. The molecule has 0 aliphatic rings. The molecule has 6 heteroatoms. The van der Waals surface area contributed by atoms with E-state index in [1.807, 2.05) is 43.3 Å². The van der Waals surface area contributed by atoms with E-state index >= 15 is 0 Å². The lowest BCUT2D eigenvalue weighted by Crippen LogP contribution is -2.10. The topological polar surface area (TPSA) is 39.4 Å². The number of hydrogen-bond acceptors (Lipinski definition) is 3. The van der Waals surface area contributed by atoms with Crippen LogP contribution in [0.15, 0.2) is 69.9 Å². The molecule has 4 aromatic rings. The molecule has 1 heterocycles. The summed E-state index contributed by atoms with van der Waals surface area (Å²) in [5.74, 6) is 0.411. The van der Waals surface area contributed by atoms with Crippen molar-refractivity contribution in [3.63, 3.8) is 0 Å². The highest BCUT2D eigenvalue weighted by atomic mass is 35.5. The molecule has 1 aromatic heterocycles. The maximum atomic E-state index is 13.3. The second-order valence-electron chi connectivity index (χ2n) is 6.64. The number of ether oxygens (including phenoxy) is 1. The van der Waals surface area contributed by atoms with Crippen molar-refractivity contribution in [2.24, 2.45) is 0 Å². The SMILES string of the molecule is Cc1ccc(-c2oc3c(Cl)cc(Cl)cc3c(=O)c2OCc2cccc(Cl)c2)cc1. The van der Waals surface area contributed by atoms with E-state index in [1.54, 1.807) is 18.2 Å². The van der Waals surface area contributed by atoms with Gasteiger partial charge in [0, 0.05) is 15.6 Å². The van der Waals surface area contributed by atoms with Crippen LogP contribution in [0.5, 0.6) is 5.75 Å². The second-order valence-corrected chi connectivity index (χ2v) is 7.92. The highest BCUT2D eigenvalue weighted by Gasteiger charge is 2.20. The van der Waals surface area contributed by atoms with E-state index in [2.05, 4.69) is 0 Å². The van der Waals surface area contributed by atoms with Crippen LogP contribution in [-0.4, -0.2) is 0 Å². The summed E-state index contributed by atoms with van der Waals surface area (Å²) in [6, 6.07) is 17.9. The van der Waals surface area contributed by atoms with E-state index in [9.17, 15) is 4.79 Å². The third kappa shape index (κ3) is 4.13. The molecule has 0 aliphatic carbocycles. The van der Waals surface area contributed by atoms with Crippen LogP contribution >= 0.6 is 34.8 Å². The van der Waals surface area contributed by atoms with Gasteiger partial charge in [0.15, 0.2) is 11.3 Å². The molecular weight excluding hydrogens is 431 g/mol. The van der Waals surface area contributed by atoms with Crippen molar-refractivity contribution in [1.29, 1.82) is 0 Å². The average molecular weight is 446 g/mol. The van der Waals surface area contributed by atoms with Crippen LogP contribution in [0.3, 0.4) is 0 Å². The standard InChI is InChI=1S/C23H15Cl3O3/c1-13-5-7-15(8-6-13)21-23(28-12-14-3-2-4-16(24)9-14)20(27)18-10-17(25)11-19(26)22(18)29-21/h2-11H,12H2,1H3. The van der Waals surface area contributed by atoms with E-state index in [-0.39, 0.29) is 33.8 Å². The van der Waals surface area contributed by atoms with Crippen LogP contribution in [0.1, 0.15) is 11.1 Å². The maximum absolute atomic E-state index is 13.3. The molecule has 3 nitrogen and oxygen atoms in total. The van der Waals surface area contributed by atoms with Crippen molar-refractivity contribution in [3.05, 3.63) is 97.1 Å². The summed E-state index contributed by atoms with van der Waals surface area (Å²) in [4.78, 5) is 13.3. The van der Waals surface area contributed by atoms with Crippen LogP contribution in [0.4, 0.5) is 0 Å². The molecule has 146 valence electrons. The lowest BCUT2D eigenvalue weighted by Gasteiger charge is -2.13. The van der Waals surface area contributed by atoms with Crippen molar-refractivity contribution < 1.29 is 9.15 Å². The number of aryl methyl sites for hydroxylation is 1. The van der Waals surface area contributed by atoms with Crippen molar-refractivity contribution in [2.45, 2.75) is 13.5 Å². The summed E-state index contributed by atoms with van der Waals surface area (Å²) in [5.41, 5.74) is 2.56. The van der Waals surface area contributed by atoms with Crippen LogP contribution in [0.2, 0.25) is 15.1 Å². The fourth-order valence-electron chi connectivity index (χ4n) is 3.01. The summed E-state index contributed by atoms with van der Waals surface area (Å²) in [5, 5.41) is 1.46. The zero-order valence-electron chi connectivity index (χ0n) is 15.3. The first-order valence-corrected chi connectivity index (χ1v) is 9.96. The van der Waals surface area contributed by atoms with Gasteiger partial charge in [0.1, 0.15) is 6.61 Å². The first-order chi connectivity index (χ1) is 13.9. The fraction of sp³-hybridized carbons (Fsp3) is 0.0870. The first-order valence-electron chi connectivity index (χ1n) is 8.82. The predicted molar refractivity (Wildman–Crippen MR) is 118 cm³/mol. The molecule has 3 aromatic carbocycles. The maximum Gasteiger partial charge on any atom is 0.235 e. The van der Waals surface area contributed by atoms with Crippen LogP contribution in [-0.2, 0) is 6.61 Å². The number of benzene rings is 3. The molecule has 0 saturated heterocycles. The van der Waals surface area contributed by atoms with Crippen LogP contribution < -0.4 is 10.2 Å². The Morgan fingerprint density at radius 2 is 1.69 bits per heavy atom. The van der Waals surface area contributed by atoms with Crippen molar-refractivity contribution >= 4 is 45.8 Å². The Morgan fingerprint density at radius 1 is 0.931 bits per heavy atom. The Kier molecular flexibility index (Phi) is 5.55. The molecule has 0 fully saturated rings. The highest BCUT2D eigenvalue weighted by Crippen LogP contribution is 2.35. The fourth-order valence-corrected chi connectivity index (χ4v) is 3.76. The van der Waals surface area contributed by atoms with Crippen LogP contribution in [0, 0.1) is 6.92 Å². The van der Waals surface area contributed by atoms with Gasteiger partial charge >= 0.3 is 0 Å². The van der Waals surface area contributed by atoms with E-state index in [1.165, 1.54) is 6.07 Å². The number of hydrogen-bond donors (Lipinski definition) is 0. The minimum atomic E-state index is -0.340. The summed E-state index contributed by atoms with van der Waals surface area (Å²) in [6.45, 7) is 2.14. The number of halogens is 3. The summed E-state index contributed by atoms with van der Waals surface area (Å²) in [7, 11) is 0. The van der Waals surface area contributed by atoms with Gasteiger partial charge in [0.25, 0.3) is 0 Å². The second kappa shape index (κ2) is 8.11. The van der Waals surface area contributed by atoms with Crippen LogP contribution in [0.25, 0.3) is 22.3 Å². The number of fused-ring (bicyclic) bond motifs is 1. The van der Waals surface area contributed by atoms with Gasteiger partial charge in [-0.3, -0.25) is 4.79 Å². The third-order valence-corrected chi connectivity index (χ3v) is 5.19. The minimum absolute atomic E-state index is 0.0969. The summed E-state index contributed by atoms with van der Waals surface area (Å²) in [6.07, 6.45) is 0. The van der Waals surface area contributed by atoms with E-state index in [4.69, 9.17) is 44.0 Å². The molecule has 0 aliphatic heterocycles. The van der Waals surface area contributed by atoms with Gasteiger partial charge < -0.3 is 9.15 Å². The molecule has 0 saturated carbocycles. The average Bonchev–Trinajstić information content (AvgIpc) is 2.68. The number of rotatable bonds is 4.